The Morgan fingerprint density at radius 1 is 1.50 bits per heavy atom. The first-order valence-electron chi connectivity index (χ1n) is 3.52. The van der Waals surface area contributed by atoms with Gasteiger partial charge in [-0.3, -0.25) is 0 Å². The number of carbonyl (C=O) groups is 1. The Kier molecular flexibility index (Phi) is 19.9. The Morgan fingerprint density at radius 2 is 1.86 bits per heavy atom. The topological polar surface area (TPSA) is 80.7 Å². The summed E-state index contributed by atoms with van der Waals surface area (Å²) in [6.45, 7) is 7.51. The molecule has 0 aliphatic heterocycles. The summed E-state index contributed by atoms with van der Waals surface area (Å²) in [5, 5.41) is 0. The molecular formula is C7H13KO5S. The summed E-state index contributed by atoms with van der Waals surface area (Å²) in [5.74, 6) is -0.295. The van der Waals surface area contributed by atoms with E-state index < -0.39 is 11.0 Å². The van der Waals surface area contributed by atoms with E-state index in [4.69, 9.17) is 17.7 Å². The van der Waals surface area contributed by atoms with Gasteiger partial charge in [0, 0.05) is 16.6 Å². The summed E-state index contributed by atoms with van der Waals surface area (Å²) in [6.07, 6.45) is 0.860. The van der Waals surface area contributed by atoms with Gasteiger partial charge in [-0.25, -0.2) is 4.79 Å². The minimum Gasteiger partial charge on any atom is -0.462 e. The second kappa shape index (κ2) is 13.8. The molecule has 0 bridgehead atoms. The van der Waals surface area contributed by atoms with Crippen LogP contribution < -0.4 is 51.4 Å². The van der Waals surface area contributed by atoms with Crippen LogP contribution >= 0.6 is 0 Å². The average molecular weight is 248 g/mol. The molecule has 0 aliphatic carbocycles. The van der Waals surface area contributed by atoms with E-state index in [0.29, 0.717) is 12.2 Å². The molecule has 0 aromatic rings. The first-order valence-corrected chi connectivity index (χ1v) is 4.56. The van der Waals surface area contributed by atoms with Gasteiger partial charge in [-0.15, -0.1) is 0 Å². The summed E-state index contributed by atoms with van der Waals surface area (Å²) >= 11 is 0. The molecule has 1 N–H and O–H groups in total. The maximum atomic E-state index is 10.6. The Balaban J connectivity index is -0.000000209. The molecule has 0 saturated carbocycles. The van der Waals surface area contributed by atoms with Crippen LogP contribution in [-0.2, 0) is 28.9 Å². The van der Waals surface area contributed by atoms with Crippen LogP contribution in [0, 0.1) is 0 Å². The van der Waals surface area contributed by atoms with Crippen molar-refractivity contribution in [1.29, 1.82) is 0 Å². The van der Waals surface area contributed by atoms with Gasteiger partial charge in [-0.1, -0.05) is 13.5 Å². The number of esters is 1. The van der Waals surface area contributed by atoms with E-state index in [2.05, 4.69) is 6.58 Å². The third-order valence-electron chi connectivity index (χ3n) is 0.786. The molecule has 0 aromatic heterocycles. The fraction of sp³-hybridized carbons (Fsp3) is 0.571. The van der Waals surface area contributed by atoms with Crippen LogP contribution in [0.25, 0.3) is 0 Å². The monoisotopic (exact) mass is 248 g/mol. The smallest absolute Gasteiger partial charge is 0.462 e. The number of carbonyl (C=O) groups excluding carboxylic acids is 1. The van der Waals surface area contributed by atoms with Crippen molar-refractivity contribution in [3.8, 4) is 0 Å². The van der Waals surface area contributed by atoms with Crippen molar-refractivity contribution in [1.82, 2.24) is 0 Å². The minimum atomic E-state index is -2.86. The molecule has 0 aromatic carbocycles. The van der Waals surface area contributed by atoms with Crippen molar-refractivity contribution in [2.75, 3.05) is 6.61 Å². The van der Waals surface area contributed by atoms with E-state index >= 15 is 0 Å². The van der Waals surface area contributed by atoms with Gasteiger partial charge < -0.3 is 17.7 Å². The standard InChI is InChI=1S/C7H12O2.K.HO3S/c1-4-5-9-7(8)6(2)3;;1-4(2)3/h2,4-5H2,1,3H3;;(H,1,2,3)/q;+1;-1. The van der Waals surface area contributed by atoms with Gasteiger partial charge in [0.2, 0.25) is 0 Å². The van der Waals surface area contributed by atoms with Gasteiger partial charge >= 0.3 is 57.4 Å². The van der Waals surface area contributed by atoms with Gasteiger partial charge in [-0.2, -0.15) is 0 Å². The Labute approximate surface area is 128 Å². The predicted octanol–water partition coefficient (Wildman–Crippen LogP) is -1.71. The van der Waals surface area contributed by atoms with E-state index in [1.54, 1.807) is 6.92 Å². The van der Waals surface area contributed by atoms with Crippen LogP contribution in [0.3, 0.4) is 0 Å². The molecule has 0 atom stereocenters. The molecule has 78 valence electrons. The first-order chi connectivity index (χ1) is 5.91. The summed E-state index contributed by atoms with van der Waals surface area (Å²) in [6, 6.07) is 0. The normalized spacial score (nSPS) is 8.00. The Bertz CT molecular complexity index is 228. The van der Waals surface area contributed by atoms with E-state index in [9.17, 15) is 4.79 Å². The van der Waals surface area contributed by atoms with Crippen molar-refractivity contribution < 1.29 is 73.9 Å². The van der Waals surface area contributed by atoms with Crippen molar-refractivity contribution in [2.45, 2.75) is 20.3 Å². The van der Waals surface area contributed by atoms with Gasteiger partial charge in [0.15, 0.2) is 0 Å². The first kappa shape index (κ1) is 20.2. The molecule has 0 radical (unpaired) electrons. The molecule has 0 aliphatic rings. The van der Waals surface area contributed by atoms with Crippen LogP contribution in [0.1, 0.15) is 20.3 Å². The molecule has 14 heavy (non-hydrogen) atoms. The molecule has 7 heteroatoms. The fourth-order valence-electron chi connectivity index (χ4n) is 0.318. The van der Waals surface area contributed by atoms with Crippen LogP contribution in [-0.4, -0.2) is 17.1 Å². The van der Waals surface area contributed by atoms with E-state index in [1.807, 2.05) is 6.92 Å². The zero-order valence-corrected chi connectivity index (χ0v) is 12.5. The van der Waals surface area contributed by atoms with Gasteiger partial charge in [0.25, 0.3) is 0 Å². The van der Waals surface area contributed by atoms with Crippen molar-refractivity contribution >= 4 is 17.0 Å². The summed E-state index contributed by atoms with van der Waals surface area (Å²) in [4.78, 5) is 10.6. The Hall–Kier alpha value is 0.756. The number of rotatable bonds is 3. The molecular weight excluding hydrogens is 235 g/mol. The predicted molar refractivity (Wildman–Crippen MR) is 47.4 cm³/mol. The number of hydrogen-bond donors (Lipinski definition) is 1. The molecule has 0 fully saturated rings. The average Bonchev–Trinajstić information content (AvgIpc) is 1.98. The molecule has 0 heterocycles. The van der Waals surface area contributed by atoms with Gasteiger partial charge in [-0.05, 0) is 13.3 Å². The van der Waals surface area contributed by atoms with Crippen LogP contribution in [0.15, 0.2) is 12.2 Å². The van der Waals surface area contributed by atoms with Crippen molar-refractivity contribution in [3.63, 3.8) is 0 Å². The van der Waals surface area contributed by atoms with Crippen LogP contribution in [0.4, 0.5) is 0 Å². The number of ether oxygens (including phenoxy) is 1. The molecule has 0 rings (SSSR count). The molecule has 0 amide bonds. The summed E-state index contributed by atoms with van der Waals surface area (Å²) in [7, 11) is -2.86. The third-order valence-corrected chi connectivity index (χ3v) is 0.786. The van der Waals surface area contributed by atoms with Gasteiger partial charge in [0.05, 0.1) is 6.61 Å². The maximum absolute atomic E-state index is 10.6. The fourth-order valence-corrected chi connectivity index (χ4v) is 0.318. The quantitative estimate of drug-likeness (QED) is 0.161. The second-order valence-electron chi connectivity index (χ2n) is 2.13. The largest absolute Gasteiger partial charge is 1.00 e. The van der Waals surface area contributed by atoms with Crippen LogP contribution in [0.2, 0.25) is 0 Å². The SMILES string of the molecule is C=C(C)C(=O)OCCC.O=[S-](=O)O.[K+]. The van der Waals surface area contributed by atoms with Crippen molar-refractivity contribution in [2.24, 2.45) is 0 Å². The minimum absolute atomic E-state index is 0. The van der Waals surface area contributed by atoms with Gasteiger partial charge in [0.1, 0.15) is 0 Å². The molecule has 0 unspecified atom stereocenters. The van der Waals surface area contributed by atoms with E-state index in [1.165, 1.54) is 0 Å². The summed E-state index contributed by atoms with van der Waals surface area (Å²) < 4.78 is 28.8. The maximum Gasteiger partial charge on any atom is 1.00 e. The molecule has 5 nitrogen and oxygen atoms in total. The zero-order valence-electron chi connectivity index (χ0n) is 8.61. The van der Waals surface area contributed by atoms with Crippen molar-refractivity contribution in [3.05, 3.63) is 12.2 Å². The summed E-state index contributed by atoms with van der Waals surface area (Å²) in [5.41, 5.74) is 0.462. The third kappa shape index (κ3) is 23.0. The Morgan fingerprint density at radius 3 is 2.07 bits per heavy atom. The van der Waals surface area contributed by atoms with E-state index in [0.717, 1.165) is 6.42 Å². The van der Waals surface area contributed by atoms with Crippen LogP contribution in [0.5, 0.6) is 0 Å². The molecule has 0 saturated heterocycles. The zero-order chi connectivity index (χ0) is 10.9. The van der Waals surface area contributed by atoms with E-state index in [-0.39, 0.29) is 57.4 Å². The second-order valence-corrected chi connectivity index (χ2v) is 2.57. The molecule has 0 spiro atoms. The number of hydrogen-bond acceptors (Lipinski definition) is 5.